The molecular weight excluding hydrogens is 298 g/mol. The molecule has 3 rings (SSSR count). The Bertz CT molecular complexity index is 648. The first-order chi connectivity index (χ1) is 10.0. The molecule has 1 atom stereocenters. The lowest BCUT2D eigenvalue weighted by atomic mass is 9.89. The van der Waals surface area contributed by atoms with Crippen LogP contribution >= 0.6 is 23.1 Å². The standard InChI is InChI=1S/C16H23N3S2/c1-9(2)6-7-20-16-18-14(17)13-11-8-10(3)4-5-12(11)21-15(13)19-16/h9-10H,4-8H2,1-3H3,(H2,17,18,19)/t10-/m0/s1. The highest BCUT2D eigenvalue weighted by Crippen LogP contribution is 2.40. The van der Waals surface area contributed by atoms with Gasteiger partial charge in [-0.15, -0.1) is 11.3 Å². The van der Waals surface area contributed by atoms with Gasteiger partial charge in [-0.3, -0.25) is 0 Å². The van der Waals surface area contributed by atoms with Gasteiger partial charge in [-0.05, 0) is 43.1 Å². The molecule has 2 N–H and O–H groups in total. The number of anilines is 1. The quantitative estimate of drug-likeness (QED) is 0.663. The van der Waals surface area contributed by atoms with Gasteiger partial charge in [0.2, 0.25) is 0 Å². The molecule has 114 valence electrons. The van der Waals surface area contributed by atoms with E-state index in [0.29, 0.717) is 11.7 Å². The van der Waals surface area contributed by atoms with E-state index in [-0.39, 0.29) is 0 Å². The zero-order valence-electron chi connectivity index (χ0n) is 13.0. The lowest BCUT2D eigenvalue weighted by molar-refractivity contribution is 0.508. The first-order valence-electron chi connectivity index (χ1n) is 7.75. The first-order valence-corrected chi connectivity index (χ1v) is 9.55. The second-order valence-corrected chi connectivity index (χ2v) is 8.60. The van der Waals surface area contributed by atoms with E-state index in [1.165, 1.54) is 29.7 Å². The van der Waals surface area contributed by atoms with Gasteiger partial charge in [0, 0.05) is 10.6 Å². The van der Waals surface area contributed by atoms with Crippen LogP contribution in [0.25, 0.3) is 10.2 Å². The maximum atomic E-state index is 6.24. The highest BCUT2D eigenvalue weighted by molar-refractivity contribution is 7.99. The number of thiophene rings is 1. The van der Waals surface area contributed by atoms with E-state index < -0.39 is 0 Å². The summed E-state index contributed by atoms with van der Waals surface area (Å²) >= 11 is 3.55. The Balaban J connectivity index is 1.90. The van der Waals surface area contributed by atoms with E-state index in [2.05, 4.69) is 25.8 Å². The van der Waals surface area contributed by atoms with Crippen LogP contribution in [-0.4, -0.2) is 15.7 Å². The fourth-order valence-electron chi connectivity index (χ4n) is 2.81. The summed E-state index contributed by atoms with van der Waals surface area (Å²) in [6.45, 7) is 6.81. The Morgan fingerprint density at radius 1 is 1.38 bits per heavy atom. The van der Waals surface area contributed by atoms with Gasteiger partial charge in [0.05, 0.1) is 5.39 Å². The van der Waals surface area contributed by atoms with E-state index in [4.69, 9.17) is 10.7 Å². The predicted octanol–water partition coefficient (Wildman–Crippen LogP) is 4.54. The molecule has 1 aliphatic rings. The predicted molar refractivity (Wildman–Crippen MR) is 93.2 cm³/mol. The lowest BCUT2D eigenvalue weighted by Crippen LogP contribution is -2.09. The van der Waals surface area contributed by atoms with Crippen molar-refractivity contribution in [1.29, 1.82) is 0 Å². The highest BCUT2D eigenvalue weighted by atomic mass is 32.2. The van der Waals surface area contributed by atoms with E-state index in [0.717, 1.165) is 33.5 Å². The van der Waals surface area contributed by atoms with Gasteiger partial charge in [-0.25, -0.2) is 9.97 Å². The Labute approximate surface area is 134 Å². The number of hydrogen-bond acceptors (Lipinski definition) is 5. The molecule has 0 aliphatic heterocycles. The smallest absolute Gasteiger partial charge is 0.190 e. The third kappa shape index (κ3) is 3.19. The van der Waals surface area contributed by atoms with Gasteiger partial charge in [0.1, 0.15) is 10.6 Å². The molecule has 0 fully saturated rings. The van der Waals surface area contributed by atoms with Gasteiger partial charge >= 0.3 is 0 Å². The summed E-state index contributed by atoms with van der Waals surface area (Å²) in [4.78, 5) is 11.9. The van der Waals surface area contributed by atoms with Gasteiger partial charge in [0.25, 0.3) is 0 Å². The topological polar surface area (TPSA) is 51.8 Å². The van der Waals surface area contributed by atoms with E-state index >= 15 is 0 Å². The molecule has 21 heavy (non-hydrogen) atoms. The molecular formula is C16H23N3S2. The van der Waals surface area contributed by atoms with Crippen LogP contribution in [0.2, 0.25) is 0 Å². The van der Waals surface area contributed by atoms with Crippen LogP contribution in [0.1, 0.15) is 44.1 Å². The SMILES string of the molecule is CC(C)CCSc1nc(N)c2c3c(sc2n1)CC[C@H](C)C3. The summed E-state index contributed by atoms with van der Waals surface area (Å²) in [7, 11) is 0. The molecule has 3 nitrogen and oxygen atoms in total. The molecule has 1 aliphatic carbocycles. The van der Waals surface area contributed by atoms with Crippen LogP contribution in [-0.2, 0) is 12.8 Å². The Hall–Kier alpha value is -0.810. The van der Waals surface area contributed by atoms with Crippen molar-refractivity contribution in [2.45, 2.75) is 51.6 Å². The minimum atomic E-state index is 0.679. The molecule has 0 radical (unpaired) electrons. The van der Waals surface area contributed by atoms with Crippen molar-refractivity contribution in [3.8, 4) is 0 Å². The maximum absolute atomic E-state index is 6.24. The average molecular weight is 322 g/mol. The van der Waals surface area contributed by atoms with Gasteiger partial charge in [-0.1, -0.05) is 32.5 Å². The number of nitrogens with zero attached hydrogens (tertiary/aromatic N) is 2. The number of thioether (sulfide) groups is 1. The maximum Gasteiger partial charge on any atom is 0.190 e. The zero-order valence-corrected chi connectivity index (χ0v) is 14.6. The normalized spacial score (nSPS) is 18.4. The van der Waals surface area contributed by atoms with Crippen LogP contribution in [0.4, 0.5) is 5.82 Å². The van der Waals surface area contributed by atoms with E-state index in [9.17, 15) is 0 Å². The van der Waals surface area contributed by atoms with Crippen molar-refractivity contribution in [2.75, 3.05) is 11.5 Å². The fourth-order valence-corrected chi connectivity index (χ4v) is 5.18. The number of hydrogen-bond donors (Lipinski definition) is 1. The monoisotopic (exact) mass is 321 g/mol. The van der Waals surface area contributed by atoms with Crippen molar-refractivity contribution in [3.63, 3.8) is 0 Å². The molecule has 0 amide bonds. The molecule has 0 saturated heterocycles. The van der Waals surface area contributed by atoms with E-state index in [1.54, 1.807) is 11.8 Å². The number of nitrogen functional groups attached to an aromatic ring is 1. The molecule has 0 aromatic carbocycles. The van der Waals surface area contributed by atoms with Gasteiger partial charge in [-0.2, -0.15) is 0 Å². The largest absolute Gasteiger partial charge is 0.383 e. The third-order valence-electron chi connectivity index (χ3n) is 4.08. The minimum Gasteiger partial charge on any atom is -0.383 e. The Kier molecular flexibility index (Phi) is 4.41. The van der Waals surface area contributed by atoms with Crippen LogP contribution in [0.15, 0.2) is 5.16 Å². The van der Waals surface area contributed by atoms with Crippen LogP contribution in [0.3, 0.4) is 0 Å². The minimum absolute atomic E-state index is 0.679. The zero-order chi connectivity index (χ0) is 15.0. The highest BCUT2D eigenvalue weighted by Gasteiger charge is 2.23. The van der Waals surface area contributed by atoms with Crippen LogP contribution < -0.4 is 5.73 Å². The number of fused-ring (bicyclic) bond motifs is 3. The molecule has 2 aromatic heterocycles. The Morgan fingerprint density at radius 3 is 2.95 bits per heavy atom. The van der Waals surface area contributed by atoms with Crippen LogP contribution in [0, 0.1) is 11.8 Å². The number of nitrogens with two attached hydrogens (primary N) is 1. The van der Waals surface area contributed by atoms with Crippen molar-refractivity contribution in [3.05, 3.63) is 10.4 Å². The molecule has 2 aromatic rings. The first kappa shape index (κ1) is 15.1. The van der Waals surface area contributed by atoms with Crippen molar-refractivity contribution in [1.82, 2.24) is 9.97 Å². The molecule has 0 saturated carbocycles. The summed E-state index contributed by atoms with van der Waals surface area (Å²) < 4.78 is 0. The van der Waals surface area contributed by atoms with Crippen molar-refractivity contribution in [2.24, 2.45) is 11.8 Å². The lowest BCUT2D eigenvalue weighted by Gasteiger charge is -2.18. The number of aromatic nitrogens is 2. The summed E-state index contributed by atoms with van der Waals surface area (Å²) in [5.41, 5.74) is 7.67. The van der Waals surface area contributed by atoms with Gasteiger partial charge in [0.15, 0.2) is 5.16 Å². The number of aryl methyl sites for hydroxylation is 1. The Morgan fingerprint density at radius 2 is 2.19 bits per heavy atom. The van der Waals surface area contributed by atoms with Crippen molar-refractivity contribution >= 4 is 39.1 Å². The van der Waals surface area contributed by atoms with Gasteiger partial charge < -0.3 is 5.73 Å². The average Bonchev–Trinajstić information content (AvgIpc) is 2.76. The summed E-state index contributed by atoms with van der Waals surface area (Å²) in [6.07, 6.45) is 4.77. The molecule has 0 spiro atoms. The summed E-state index contributed by atoms with van der Waals surface area (Å²) in [5, 5.41) is 1.97. The molecule has 0 unspecified atom stereocenters. The van der Waals surface area contributed by atoms with Crippen LogP contribution in [0.5, 0.6) is 0 Å². The molecule has 5 heteroatoms. The molecule has 2 heterocycles. The third-order valence-corrected chi connectivity index (χ3v) is 6.15. The summed E-state index contributed by atoms with van der Waals surface area (Å²) in [6, 6.07) is 0. The fraction of sp³-hybridized carbons (Fsp3) is 0.625. The van der Waals surface area contributed by atoms with E-state index in [1.807, 2.05) is 11.3 Å². The molecule has 0 bridgehead atoms. The van der Waals surface area contributed by atoms with Crippen molar-refractivity contribution < 1.29 is 0 Å². The second-order valence-electron chi connectivity index (χ2n) is 6.45. The second kappa shape index (κ2) is 6.13. The summed E-state index contributed by atoms with van der Waals surface area (Å²) in [5.74, 6) is 3.20. The number of rotatable bonds is 4.